The first-order valence-electron chi connectivity index (χ1n) is 4.01. The van der Waals surface area contributed by atoms with Gasteiger partial charge >= 0.3 is 5.97 Å². The van der Waals surface area contributed by atoms with Crippen LogP contribution in [0.5, 0.6) is 0 Å². The summed E-state index contributed by atoms with van der Waals surface area (Å²) >= 11 is 3.04. The highest BCUT2D eigenvalue weighted by Gasteiger charge is 2.17. The first-order chi connectivity index (χ1) is 7.10. The fourth-order valence-corrected chi connectivity index (χ4v) is 1.51. The van der Waals surface area contributed by atoms with Gasteiger partial charge in [-0.25, -0.2) is 13.6 Å². The number of aromatic nitrogens is 1. The van der Waals surface area contributed by atoms with Crippen molar-refractivity contribution >= 4 is 21.9 Å². The van der Waals surface area contributed by atoms with E-state index in [4.69, 9.17) is 0 Å². The van der Waals surface area contributed by atoms with Gasteiger partial charge in [0.25, 0.3) is 6.43 Å². The summed E-state index contributed by atoms with van der Waals surface area (Å²) in [5.74, 6) is -0.675. The Hall–Kier alpha value is -1.04. The topological polar surface area (TPSA) is 39.2 Å². The van der Waals surface area contributed by atoms with Crippen molar-refractivity contribution in [1.29, 1.82) is 0 Å². The van der Waals surface area contributed by atoms with Crippen LogP contribution in [0, 0.1) is 0 Å². The van der Waals surface area contributed by atoms with E-state index < -0.39 is 12.4 Å². The molecular weight excluding hydrogens is 272 g/mol. The molecule has 6 heteroatoms. The van der Waals surface area contributed by atoms with Gasteiger partial charge in [-0.3, -0.25) is 4.98 Å². The maximum atomic E-state index is 12.5. The Kier molecular flexibility index (Phi) is 4.14. The molecule has 0 atom stereocenters. The lowest BCUT2D eigenvalue weighted by Gasteiger charge is -2.07. The molecule has 0 saturated carbocycles. The Labute approximate surface area is 93.6 Å². The summed E-state index contributed by atoms with van der Waals surface area (Å²) in [5, 5.41) is 0.216. The number of pyridine rings is 1. The van der Waals surface area contributed by atoms with Crippen LogP contribution in [0.4, 0.5) is 8.78 Å². The van der Waals surface area contributed by atoms with Crippen molar-refractivity contribution in [2.24, 2.45) is 0 Å². The molecule has 1 heterocycles. The van der Waals surface area contributed by atoms with Crippen molar-refractivity contribution in [3.05, 3.63) is 29.1 Å². The molecule has 3 nitrogen and oxygen atoms in total. The molecule has 0 amide bonds. The fraction of sp³-hybridized carbons (Fsp3) is 0.333. The van der Waals surface area contributed by atoms with Crippen molar-refractivity contribution < 1.29 is 18.3 Å². The molecule has 1 aromatic rings. The lowest BCUT2D eigenvalue weighted by Crippen LogP contribution is -2.05. The Morgan fingerprint density at radius 3 is 2.80 bits per heavy atom. The molecule has 0 spiro atoms. The number of nitrogens with zero attached hydrogens (tertiary/aromatic N) is 1. The molecule has 82 valence electrons. The van der Waals surface area contributed by atoms with Crippen LogP contribution in [0.1, 0.15) is 28.0 Å². The third-order valence-electron chi connectivity index (χ3n) is 1.79. The van der Waals surface area contributed by atoms with Crippen molar-refractivity contribution in [3.8, 4) is 0 Å². The van der Waals surface area contributed by atoms with Crippen LogP contribution in [0.15, 0.2) is 12.3 Å². The van der Waals surface area contributed by atoms with Gasteiger partial charge in [0.2, 0.25) is 0 Å². The van der Waals surface area contributed by atoms with Gasteiger partial charge in [-0.05, 0) is 6.07 Å². The van der Waals surface area contributed by atoms with E-state index in [1.54, 1.807) is 0 Å². The van der Waals surface area contributed by atoms with Crippen LogP contribution < -0.4 is 0 Å². The molecule has 0 aromatic carbocycles. The van der Waals surface area contributed by atoms with Gasteiger partial charge in [0.1, 0.15) is 0 Å². The van der Waals surface area contributed by atoms with E-state index in [9.17, 15) is 13.6 Å². The van der Waals surface area contributed by atoms with Crippen molar-refractivity contribution in [2.45, 2.75) is 11.8 Å². The van der Waals surface area contributed by atoms with Crippen LogP contribution in [-0.4, -0.2) is 18.1 Å². The smallest absolute Gasteiger partial charge is 0.339 e. The molecule has 0 saturated heterocycles. The number of hydrogen-bond acceptors (Lipinski definition) is 3. The minimum atomic E-state index is -2.66. The number of rotatable bonds is 3. The minimum absolute atomic E-state index is 0.0255. The molecule has 0 radical (unpaired) electrons. The second-order valence-corrected chi connectivity index (χ2v) is 3.25. The summed E-state index contributed by atoms with van der Waals surface area (Å²) in [6.07, 6.45) is -1.44. The van der Waals surface area contributed by atoms with Crippen LogP contribution in [0.3, 0.4) is 0 Å². The highest BCUT2D eigenvalue weighted by Crippen LogP contribution is 2.24. The largest absolute Gasteiger partial charge is 0.465 e. The second-order valence-electron chi connectivity index (χ2n) is 2.69. The van der Waals surface area contributed by atoms with Crippen molar-refractivity contribution in [1.82, 2.24) is 4.98 Å². The molecule has 0 aliphatic heterocycles. The van der Waals surface area contributed by atoms with Gasteiger partial charge in [-0.2, -0.15) is 0 Å². The average Bonchev–Trinajstić information content (AvgIpc) is 2.27. The number of carbonyl (C=O) groups is 1. The van der Waals surface area contributed by atoms with E-state index in [0.717, 1.165) is 6.07 Å². The molecule has 0 aliphatic carbocycles. The summed E-state index contributed by atoms with van der Waals surface area (Å²) in [7, 11) is 1.18. The number of esters is 1. The number of hydrogen-bond donors (Lipinski definition) is 0. The van der Waals surface area contributed by atoms with Gasteiger partial charge in [-0.15, -0.1) is 0 Å². The lowest BCUT2D eigenvalue weighted by molar-refractivity contribution is 0.0599. The first kappa shape index (κ1) is 12.0. The van der Waals surface area contributed by atoms with Crippen LogP contribution >= 0.6 is 15.9 Å². The number of ether oxygens (including phenoxy) is 1. The summed E-state index contributed by atoms with van der Waals surface area (Å²) < 4.78 is 29.5. The highest BCUT2D eigenvalue weighted by atomic mass is 79.9. The third kappa shape index (κ3) is 2.71. The number of alkyl halides is 3. The van der Waals surface area contributed by atoms with E-state index in [0.29, 0.717) is 0 Å². The minimum Gasteiger partial charge on any atom is -0.465 e. The predicted octanol–water partition coefficient (Wildman–Crippen LogP) is 2.70. The summed E-state index contributed by atoms with van der Waals surface area (Å²) in [5.41, 5.74) is -0.00933. The quantitative estimate of drug-likeness (QED) is 0.631. The normalized spacial score (nSPS) is 10.5. The number of carbonyl (C=O) groups excluding carboxylic acids is 1. The Morgan fingerprint density at radius 2 is 2.33 bits per heavy atom. The van der Waals surface area contributed by atoms with Gasteiger partial charge in [-0.1, -0.05) is 15.9 Å². The van der Waals surface area contributed by atoms with Crippen LogP contribution in [-0.2, 0) is 10.1 Å². The second kappa shape index (κ2) is 5.16. The molecule has 0 N–H and O–H groups in total. The average molecular weight is 280 g/mol. The molecule has 0 bridgehead atoms. The highest BCUT2D eigenvalue weighted by molar-refractivity contribution is 9.08. The van der Waals surface area contributed by atoms with Crippen molar-refractivity contribution in [3.63, 3.8) is 0 Å². The summed E-state index contributed by atoms with van der Waals surface area (Å²) in [6.45, 7) is 0. The van der Waals surface area contributed by atoms with Crippen molar-refractivity contribution in [2.75, 3.05) is 7.11 Å². The number of methoxy groups -OCH3 is 1. The Balaban J connectivity index is 3.16. The first-order valence-corrected chi connectivity index (χ1v) is 5.13. The lowest BCUT2D eigenvalue weighted by atomic mass is 10.1. The molecule has 0 aliphatic rings. The van der Waals surface area contributed by atoms with Gasteiger partial charge in [0.05, 0.1) is 18.4 Å². The Bertz CT molecular complexity index is 371. The monoisotopic (exact) mass is 279 g/mol. The molecular formula is C9H8BrF2NO2. The van der Waals surface area contributed by atoms with Gasteiger partial charge in [0.15, 0.2) is 0 Å². The molecule has 15 heavy (non-hydrogen) atoms. The van der Waals surface area contributed by atoms with Gasteiger partial charge in [0, 0.05) is 17.1 Å². The maximum absolute atomic E-state index is 12.5. The SMILES string of the molecule is COC(=O)c1cnc(CBr)c(C(F)F)c1. The third-order valence-corrected chi connectivity index (χ3v) is 2.32. The molecule has 1 aromatic heterocycles. The van der Waals surface area contributed by atoms with Crippen LogP contribution in [0.25, 0.3) is 0 Å². The number of halogens is 3. The van der Waals surface area contributed by atoms with Gasteiger partial charge < -0.3 is 4.74 Å². The zero-order valence-electron chi connectivity index (χ0n) is 7.84. The maximum Gasteiger partial charge on any atom is 0.339 e. The predicted molar refractivity (Wildman–Crippen MR) is 53.2 cm³/mol. The standard InChI is InChI=1S/C9H8BrF2NO2/c1-15-9(14)5-2-6(8(11)12)7(3-10)13-4-5/h2,4,8H,3H2,1H3. The van der Waals surface area contributed by atoms with E-state index >= 15 is 0 Å². The molecule has 0 unspecified atom stereocenters. The summed E-state index contributed by atoms with van der Waals surface area (Å²) in [6, 6.07) is 1.10. The molecule has 1 rings (SSSR count). The van der Waals surface area contributed by atoms with E-state index in [1.165, 1.54) is 13.3 Å². The Morgan fingerprint density at radius 1 is 1.67 bits per heavy atom. The fourth-order valence-electron chi connectivity index (χ4n) is 1.04. The summed E-state index contributed by atoms with van der Waals surface area (Å²) in [4.78, 5) is 14.8. The van der Waals surface area contributed by atoms with Crippen LogP contribution in [0.2, 0.25) is 0 Å². The zero-order valence-corrected chi connectivity index (χ0v) is 9.42. The van der Waals surface area contributed by atoms with E-state index in [-0.39, 0.29) is 22.2 Å². The van der Waals surface area contributed by atoms with E-state index in [1.807, 2.05) is 0 Å². The zero-order chi connectivity index (χ0) is 11.4. The molecule has 0 fully saturated rings. The van der Waals surface area contributed by atoms with E-state index in [2.05, 4.69) is 25.7 Å².